The number of aryl methyl sites for hydroxylation is 1. The van der Waals surface area contributed by atoms with Crippen LogP contribution in [0.5, 0.6) is 5.75 Å². The molecule has 2 rings (SSSR count). The Kier molecular flexibility index (Phi) is 4.99. The van der Waals surface area contributed by atoms with E-state index in [0.29, 0.717) is 11.8 Å². The number of rotatable bonds is 6. The molecular weight excluding hydrogens is 262 g/mol. The number of hydrogen-bond donors (Lipinski definition) is 1. The lowest BCUT2D eigenvalue weighted by atomic mass is 10.1. The predicted octanol–water partition coefficient (Wildman–Crippen LogP) is 4.45. The van der Waals surface area contributed by atoms with Crippen LogP contribution < -0.4 is 4.90 Å². The van der Waals surface area contributed by atoms with E-state index < -0.39 is 0 Å². The summed E-state index contributed by atoms with van der Waals surface area (Å²) in [5, 5.41) is 9.90. The van der Waals surface area contributed by atoms with Crippen LogP contribution in [0.2, 0.25) is 0 Å². The highest BCUT2D eigenvalue weighted by molar-refractivity contribution is 5.81. The van der Waals surface area contributed by atoms with E-state index in [9.17, 15) is 9.90 Å². The van der Waals surface area contributed by atoms with E-state index in [1.807, 2.05) is 6.07 Å². The molecule has 21 heavy (non-hydrogen) atoms. The zero-order chi connectivity index (χ0) is 15.2. The molecule has 2 aromatic carbocycles. The molecule has 0 heterocycles. The number of benzene rings is 2. The van der Waals surface area contributed by atoms with Crippen molar-refractivity contribution in [3.05, 3.63) is 53.6 Å². The average molecular weight is 283 g/mol. The Labute approximate surface area is 125 Å². The van der Waals surface area contributed by atoms with E-state index >= 15 is 0 Å². The topological polar surface area (TPSA) is 40.5 Å². The van der Waals surface area contributed by atoms with Crippen LogP contribution in [0.4, 0.5) is 11.4 Å². The van der Waals surface area contributed by atoms with Crippen molar-refractivity contribution in [3.63, 3.8) is 0 Å². The second-order valence-electron chi connectivity index (χ2n) is 5.20. The molecule has 0 bridgehead atoms. The normalized spacial score (nSPS) is 10.4. The lowest BCUT2D eigenvalue weighted by molar-refractivity contribution is 0.112. The number of aromatic hydroxyl groups is 1. The molecule has 0 aliphatic heterocycles. The van der Waals surface area contributed by atoms with Crippen LogP contribution in [0.3, 0.4) is 0 Å². The standard InChI is InChI=1S/C18H21NO2/c1-3-4-11-19(16-8-5-14(2)6-9-16)17-10-7-15(13-20)18(21)12-17/h5-10,12-13,21H,3-4,11H2,1-2H3. The third kappa shape index (κ3) is 3.63. The van der Waals surface area contributed by atoms with E-state index in [2.05, 4.69) is 43.0 Å². The van der Waals surface area contributed by atoms with Crippen molar-refractivity contribution >= 4 is 17.7 Å². The number of carbonyl (C=O) groups excluding carboxylic acids is 1. The van der Waals surface area contributed by atoms with Crippen LogP contribution in [-0.2, 0) is 0 Å². The van der Waals surface area contributed by atoms with Gasteiger partial charge in [0.1, 0.15) is 5.75 Å². The number of carbonyl (C=O) groups is 1. The van der Waals surface area contributed by atoms with Gasteiger partial charge in [-0.15, -0.1) is 0 Å². The summed E-state index contributed by atoms with van der Waals surface area (Å²) >= 11 is 0. The van der Waals surface area contributed by atoms with Crippen molar-refractivity contribution in [1.82, 2.24) is 0 Å². The molecule has 0 aliphatic rings. The number of nitrogens with zero attached hydrogens (tertiary/aromatic N) is 1. The van der Waals surface area contributed by atoms with Crippen LogP contribution in [0.25, 0.3) is 0 Å². The van der Waals surface area contributed by atoms with E-state index in [-0.39, 0.29) is 5.75 Å². The Bertz CT molecular complexity index is 605. The first-order valence-electron chi connectivity index (χ1n) is 7.28. The maximum atomic E-state index is 10.8. The van der Waals surface area contributed by atoms with E-state index in [4.69, 9.17) is 0 Å². The Morgan fingerprint density at radius 1 is 1.10 bits per heavy atom. The summed E-state index contributed by atoms with van der Waals surface area (Å²) in [6.07, 6.45) is 2.83. The Balaban J connectivity index is 2.37. The monoisotopic (exact) mass is 283 g/mol. The number of phenols is 1. The first kappa shape index (κ1) is 15.1. The zero-order valence-electron chi connectivity index (χ0n) is 12.5. The van der Waals surface area contributed by atoms with Gasteiger partial charge in [-0.3, -0.25) is 4.79 Å². The molecule has 0 radical (unpaired) electrons. The fourth-order valence-electron chi connectivity index (χ4n) is 2.25. The third-order valence-electron chi connectivity index (χ3n) is 3.53. The third-order valence-corrected chi connectivity index (χ3v) is 3.53. The molecule has 0 saturated heterocycles. The minimum Gasteiger partial charge on any atom is -0.507 e. The molecule has 110 valence electrons. The predicted molar refractivity (Wildman–Crippen MR) is 86.6 cm³/mol. The van der Waals surface area contributed by atoms with E-state index in [1.54, 1.807) is 12.1 Å². The fourth-order valence-corrected chi connectivity index (χ4v) is 2.25. The highest BCUT2D eigenvalue weighted by Gasteiger charge is 2.11. The zero-order valence-corrected chi connectivity index (χ0v) is 12.5. The quantitative estimate of drug-likeness (QED) is 0.796. The maximum absolute atomic E-state index is 10.8. The van der Waals surface area contributed by atoms with Gasteiger partial charge >= 0.3 is 0 Å². The number of aldehydes is 1. The summed E-state index contributed by atoms with van der Waals surface area (Å²) in [6.45, 7) is 5.09. The van der Waals surface area contributed by atoms with Gasteiger partial charge in [0.2, 0.25) is 0 Å². The summed E-state index contributed by atoms with van der Waals surface area (Å²) in [6, 6.07) is 13.5. The second kappa shape index (κ2) is 6.93. The van der Waals surface area contributed by atoms with Crippen molar-refractivity contribution in [1.29, 1.82) is 0 Å². The molecule has 0 atom stereocenters. The molecule has 2 aromatic rings. The van der Waals surface area contributed by atoms with Gasteiger partial charge in [0, 0.05) is 24.0 Å². The van der Waals surface area contributed by atoms with Gasteiger partial charge in [0.05, 0.1) is 5.56 Å². The molecule has 3 heteroatoms. The van der Waals surface area contributed by atoms with Crippen molar-refractivity contribution < 1.29 is 9.90 Å². The highest BCUT2D eigenvalue weighted by atomic mass is 16.3. The van der Waals surface area contributed by atoms with Gasteiger partial charge in [0.15, 0.2) is 6.29 Å². The summed E-state index contributed by atoms with van der Waals surface area (Å²) in [4.78, 5) is 13.0. The molecule has 0 amide bonds. The molecule has 0 spiro atoms. The SMILES string of the molecule is CCCCN(c1ccc(C)cc1)c1ccc(C=O)c(O)c1. The molecule has 0 unspecified atom stereocenters. The van der Waals surface area contributed by atoms with Crippen molar-refractivity contribution in [2.75, 3.05) is 11.4 Å². The molecule has 0 aromatic heterocycles. The first-order valence-corrected chi connectivity index (χ1v) is 7.28. The summed E-state index contributed by atoms with van der Waals surface area (Å²) in [5.74, 6) is 0.0242. The van der Waals surface area contributed by atoms with Gasteiger partial charge in [-0.1, -0.05) is 31.0 Å². The lowest BCUT2D eigenvalue weighted by Gasteiger charge is -2.25. The molecule has 0 fully saturated rings. The van der Waals surface area contributed by atoms with Gasteiger partial charge in [0.25, 0.3) is 0 Å². The minimum absolute atomic E-state index is 0.0242. The molecule has 3 nitrogen and oxygen atoms in total. The van der Waals surface area contributed by atoms with Gasteiger partial charge in [-0.25, -0.2) is 0 Å². The van der Waals surface area contributed by atoms with Gasteiger partial charge in [-0.05, 0) is 37.6 Å². The smallest absolute Gasteiger partial charge is 0.153 e. The van der Waals surface area contributed by atoms with Gasteiger partial charge in [-0.2, -0.15) is 0 Å². The highest BCUT2D eigenvalue weighted by Crippen LogP contribution is 2.30. The summed E-state index contributed by atoms with van der Waals surface area (Å²) < 4.78 is 0. The van der Waals surface area contributed by atoms with Crippen molar-refractivity contribution in [2.45, 2.75) is 26.7 Å². The first-order chi connectivity index (χ1) is 10.2. The summed E-state index contributed by atoms with van der Waals surface area (Å²) in [5.41, 5.74) is 3.52. The molecular formula is C18H21NO2. The number of hydrogen-bond acceptors (Lipinski definition) is 3. The van der Waals surface area contributed by atoms with Gasteiger partial charge < -0.3 is 10.0 Å². The van der Waals surface area contributed by atoms with Crippen LogP contribution in [0, 0.1) is 6.92 Å². The summed E-state index contributed by atoms with van der Waals surface area (Å²) in [7, 11) is 0. The van der Waals surface area contributed by atoms with Crippen molar-refractivity contribution in [2.24, 2.45) is 0 Å². The number of phenolic OH excluding ortho intramolecular Hbond substituents is 1. The fraction of sp³-hybridized carbons (Fsp3) is 0.278. The van der Waals surface area contributed by atoms with Crippen LogP contribution in [0.1, 0.15) is 35.7 Å². The Hall–Kier alpha value is -2.29. The maximum Gasteiger partial charge on any atom is 0.153 e. The minimum atomic E-state index is 0.0242. The number of unbranched alkanes of at least 4 members (excludes halogenated alkanes) is 1. The molecule has 0 saturated carbocycles. The van der Waals surface area contributed by atoms with Crippen LogP contribution in [0.15, 0.2) is 42.5 Å². The van der Waals surface area contributed by atoms with Crippen LogP contribution >= 0.6 is 0 Å². The van der Waals surface area contributed by atoms with Crippen LogP contribution in [-0.4, -0.2) is 17.9 Å². The number of anilines is 2. The van der Waals surface area contributed by atoms with E-state index in [0.717, 1.165) is 30.8 Å². The van der Waals surface area contributed by atoms with Crippen molar-refractivity contribution in [3.8, 4) is 5.75 Å². The Morgan fingerprint density at radius 3 is 2.33 bits per heavy atom. The second-order valence-corrected chi connectivity index (χ2v) is 5.20. The van der Waals surface area contributed by atoms with E-state index in [1.165, 1.54) is 5.56 Å². The Morgan fingerprint density at radius 2 is 1.76 bits per heavy atom. The molecule has 0 aliphatic carbocycles. The largest absolute Gasteiger partial charge is 0.507 e. The lowest BCUT2D eigenvalue weighted by Crippen LogP contribution is -2.18. The molecule has 1 N–H and O–H groups in total. The average Bonchev–Trinajstić information content (AvgIpc) is 2.49.